The number of hydrogen-bond donors (Lipinski definition) is 0. The summed E-state index contributed by atoms with van der Waals surface area (Å²) in [6.45, 7) is 6.65. The highest BCUT2D eigenvalue weighted by Crippen LogP contribution is 2.32. The maximum atomic E-state index is 6.02. The van der Waals surface area contributed by atoms with Gasteiger partial charge in [0.2, 0.25) is 5.88 Å². The molecule has 0 aliphatic heterocycles. The summed E-state index contributed by atoms with van der Waals surface area (Å²) in [5.74, 6) is 2.25. The maximum absolute atomic E-state index is 6.02. The standard InChI is InChI=1S/C14H20BrNO/c1-9-4-10(2)6-12(5-9)17-14-13(15)7-11(3)8-16-14/h7-10,12H,4-6H2,1-3H3. The van der Waals surface area contributed by atoms with Gasteiger partial charge in [0.05, 0.1) is 4.47 Å². The second-order valence-corrected chi connectivity index (χ2v) is 6.31. The molecule has 0 amide bonds. The van der Waals surface area contributed by atoms with Crippen molar-refractivity contribution in [2.75, 3.05) is 0 Å². The lowest BCUT2D eigenvalue weighted by atomic mass is 9.82. The monoisotopic (exact) mass is 297 g/mol. The van der Waals surface area contributed by atoms with Crippen LogP contribution in [0.2, 0.25) is 0 Å². The van der Waals surface area contributed by atoms with Crippen molar-refractivity contribution >= 4 is 15.9 Å². The summed E-state index contributed by atoms with van der Waals surface area (Å²) in [5, 5.41) is 0. The largest absolute Gasteiger partial charge is 0.474 e. The lowest BCUT2D eigenvalue weighted by Crippen LogP contribution is -2.28. The minimum Gasteiger partial charge on any atom is -0.474 e. The number of aromatic nitrogens is 1. The zero-order chi connectivity index (χ0) is 12.4. The molecule has 1 aromatic heterocycles. The third-order valence-corrected chi connectivity index (χ3v) is 3.93. The number of hydrogen-bond acceptors (Lipinski definition) is 2. The van der Waals surface area contributed by atoms with Crippen LogP contribution in [0.5, 0.6) is 5.88 Å². The van der Waals surface area contributed by atoms with E-state index >= 15 is 0 Å². The van der Waals surface area contributed by atoms with Crippen LogP contribution in [0.3, 0.4) is 0 Å². The topological polar surface area (TPSA) is 22.1 Å². The van der Waals surface area contributed by atoms with Crippen molar-refractivity contribution in [1.29, 1.82) is 0 Å². The smallest absolute Gasteiger partial charge is 0.228 e. The Morgan fingerprint density at radius 2 is 1.88 bits per heavy atom. The van der Waals surface area contributed by atoms with Crippen LogP contribution in [0.4, 0.5) is 0 Å². The van der Waals surface area contributed by atoms with Crippen LogP contribution in [-0.4, -0.2) is 11.1 Å². The van der Waals surface area contributed by atoms with Crippen molar-refractivity contribution in [3.63, 3.8) is 0 Å². The highest BCUT2D eigenvalue weighted by Gasteiger charge is 2.25. The average Bonchev–Trinajstić information content (AvgIpc) is 2.21. The summed E-state index contributed by atoms with van der Waals surface area (Å²) < 4.78 is 6.99. The van der Waals surface area contributed by atoms with Crippen molar-refractivity contribution in [2.45, 2.75) is 46.1 Å². The summed E-state index contributed by atoms with van der Waals surface area (Å²) in [5.41, 5.74) is 1.15. The summed E-state index contributed by atoms with van der Waals surface area (Å²) in [7, 11) is 0. The van der Waals surface area contributed by atoms with Gasteiger partial charge in [-0.3, -0.25) is 0 Å². The third kappa shape index (κ3) is 3.44. The van der Waals surface area contributed by atoms with Crippen LogP contribution in [0, 0.1) is 18.8 Å². The van der Waals surface area contributed by atoms with Crippen LogP contribution < -0.4 is 4.74 Å². The number of ether oxygens (including phenoxy) is 1. The Morgan fingerprint density at radius 1 is 1.24 bits per heavy atom. The number of nitrogens with zero attached hydrogens (tertiary/aromatic N) is 1. The van der Waals surface area contributed by atoms with E-state index in [1.165, 1.54) is 6.42 Å². The van der Waals surface area contributed by atoms with Crippen molar-refractivity contribution in [3.8, 4) is 5.88 Å². The first-order valence-corrected chi connectivity index (χ1v) is 7.12. The van der Waals surface area contributed by atoms with E-state index in [0.717, 1.165) is 40.6 Å². The third-order valence-electron chi connectivity index (χ3n) is 3.36. The molecule has 3 heteroatoms. The minimum absolute atomic E-state index is 0.320. The molecule has 94 valence electrons. The molecular weight excluding hydrogens is 278 g/mol. The van der Waals surface area contributed by atoms with Crippen LogP contribution in [0.25, 0.3) is 0 Å². The lowest BCUT2D eigenvalue weighted by molar-refractivity contribution is 0.0959. The van der Waals surface area contributed by atoms with Gasteiger partial charge in [-0.05, 0) is 65.6 Å². The number of rotatable bonds is 2. The first-order chi connectivity index (χ1) is 8.04. The molecule has 2 unspecified atom stereocenters. The maximum Gasteiger partial charge on any atom is 0.228 e. The second-order valence-electron chi connectivity index (χ2n) is 5.46. The molecular formula is C14H20BrNO. The van der Waals surface area contributed by atoms with Gasteiger partial charge in [0.15, 0.2) is 0 Å². The number of pyridine rings is 1. The van der Waals surface area contributed by atoms with Gasteiger partial charge in [-0.25, -0.2) is 4.98 Å². The highest BCUT2D eigenvalue weighted by molar-refractivity contribution is 9.10. The Kier molecular flexibility index (Phi) is 4.08. The van der Waals surface area contributed by atoms with Gasteiger partial charge < -0.3 is 4.74 Å². The minimum atomic E-state index is 0.320. The molecule has 0 spiro atoms. The van der Waals surface area contributed by atoms with Gasteiger partial charge in [0.1, 0.15) is 6.10 Å². The summed E-state index contributed by atoms with van der Waals surface area (Å²) in [6.07, 6.45) is 5.79. The Bertz CT molecular complexity index is 384. The summed E-state index contributed by atoms with van der Waals surface area (Å²) in [6, 6.07) is 2.05. The van der Waals surface area contributed by atoms with E-state index in [1.54, 1.807) is 0 Å². The second kappa shape index (κ2) is 5.38. The SMILES string of the molecule is Cc1cnc(OC2CC(C)CC(C)C2)c(Br)c1. The van der Waals surface area contributed by atoms with Crippen LogP contribution in [-0.2, 0) is 0 Å². The summed E-state index contributed by atoms with van der Waals surface area (Å²) in [4.78, 5) is 4.35. The molecule has 1 heterocycles. The highest BCUT2D eigenvalue weighted by atomic mass is 79.9. The van der Waals surface area contributed by atoms with Gasteiger partial charge in [0.25, 0.3) is 0 Å². The Labute approximate surface area is 112 Å². The molecule has 2 nitrogen and oxygen atoms in total. The molecule has 1 fully saturated rings. The predicted molar refractivity (Wildman–Crippen MR) is 73.3 cm³/mol. The normalized spacial score (nSPS) is 29.1. The molecule has 0 radical (unpaired) electrons. The lowest BCUT2D eigenvalue weighted by Gasteiger charge is -2.31. The Hall–Kier alpha value is -0.570. The van der Waals surface area contributed by atoms with Gasteiger partial charge in [-0.2, -0.15) is 0 Å². The van der Waals surface area contributed by atoms with E-state index in [1.807, 2.05) is 13.1 Å². The van der Waals surface area contributed by atoms with Crippen LogP contribution in [0.15, 0.2) is 16.7 Å². The van der Waals surface area contributed by atoms with Gasteiger partial charge in [-0.15, -0.1) is 0 Å². The van der Waals surface area contributed by atoms with E-state index in [0.29, 0.717) is 6.10 Å². The fourth-order valence-electron chi connectivity index (χ4n) is 2.73. The van der Waals surface area contributed by atoms with Crippen molar-refractivity contribution < 1.29 is 4.74 Å². The number of aryl methyl sites for hydroxylation is 1. The van der Waals surface area contributed by atoms with Crippen molar-refractivity contribution in [1.82, 2.24) is 4.98 Å². The molecule has 0 bridgehead atoms. The zero-order valence-corrected chi connectivity index (χ0v) is 12.3. The Balaban J connectivity index is 2.04. The van der Waals surface area contributed by atoms with E-state index in [2.05, 4.69) is 40.8 Å². The van der Waals surface area contributed by atoms with Gasteiger partial charge >= 0.3 is 0 Å². The first kappa shape index (κ1) is 12.9. The van der Waals surface area contributed by atoms with E-state index in [-0.39, 0.29) is 0 Å². The molecule has 1 aromatic rings. The fraction of sp³-hybridized carbons (Fsp3) is 0.643. The van der Waals surface area contributed by atoms with Gasteiger partial charge in [-0.1, -0.05) is 13.8 Å². The molecule has 0 aromatic carbocycles. The molecule has 1 aliphatic rings. The average molecular weight is 298 g/mol. The van der Waals surface area contributed by atoms with E-state index < -0.39 is 0 Å². The van der Waals surface area contributed by atoms with Crippen LogP contribution >= 0.6 is 15.9 Å². The molecule has 17 heavy (non-hydrogen) atoms. The van der Waals surface area contributed by atoms with Crippen molar-refractivity contribution in [2.24, 2.45) is 11.8 Å². The predicted octanol–water partition coefficient (Wildman–Crippen LogP) is 4.36. The molecule has 2 atom stereocenters. The summed E-state index contributed by atoms with van der Waals surface area (Å²) >= 11 is 3.52. The quantitative estimate of drug-likeness (QED) is 0.809. The molecule has 0 saturated heterocycles. The molecule has 1 saturated carbocycles. The van der Waals surface area contributed by atoms with Crippen LogP contribution in [0.1, 0.15) is 38.7 Å². The molecule has 0 N–H and O–H groups in total. The molecule has 2 rings (SSSR count). The van der Waals surface area contributed by atoms with E-state index in [4.69, 9.17) is 4.74 Å². The molecule has 1 aliphatic carbocycles. The first-order valence-electron chi connectivity index (χ1n) is 6.33. The van der Waals surface area contributed by atoms with Crippen molar-refractivity contribution in [3.05, 3.63) is 22.3 Å². The van der Waals surface area contributed by atoms with Gasteiger partial charge in [0, 0.05) is 6.20 Å². The van der Waals surface area contributed by atoms with E-state index in [9.17, 15) is 0 Å². The Morgan fingerprint density at radius 3 is 2.47 bits per heavy atom. The number of halogens is 1. The zero-order valence-electron chi connectivity index (χ0n) is 10.7. The fourth-order valence-corrected chi connectivity index (χ4v) is 3.29.